The van der Waals surface area contributed by atoms with Gasteiger partial charge in [-0.1, -0.05) is 0 Å². The van der Waals surface area contributed by atoms with E-state index >= 15 is 0 Å². The average molecular weight is 406 g/mol. The minimum atomic E-state index is -0.587. The number of amides is 1. The number of ketones is 1. The molecule has 0 spiro atoms. The van der Waals surface area contributed by atoms with E-state index in [4.69, 9.17) is 4.74 Å². The van der Waals surface area contributed by atoms with Gasteiger partial charge in [0.1, 0.15) is 5.69 Å². The Bertz CT molecular complexity index is 1070. The summed E-state index contributed by atoms with van der Waals surface area (Å²) in [6.07, 6.45) is 5.17. The molecule has 0 unspecified atom stereocenters. The number of carbonyl (C=O) groups excluding carboxylic acids is 3. The second-order valence-electron chi connectivity index (χ2n) is 7.23. The lowest BCUT2D eigenvalue weighted by Crippen LogP contribution is -2.27. The van der Waals surface area contributed by atoms with Crippen LogP contribution in [0.1, 0.15) is 49.7 Å². The van der Waals surface area contributed by atoms with Crippen LogP contribution >= 0.6 is 0 Å². The molecule has 1 fully saturated rings. The van der Waals surface area contributed by atoms with Crippen LogP contribution in [0.25, 0.3) is 5.69 Å². The first-order chi connectivity index (χ1) is 14.5. The van der Waals surface area contributed by atoms with Gasteiger partial charge in [0.15, 0.2) is 6.61 Å². The van der Waals surface area contributed by atoms with Crippen LogP contribution < -0.4 is 0 Å². The Balaban J connectivity index is 1.34. The lowest BCUT2D eigenvalue weighted by Gasteiger charge is -2.13. The number of rotatable bonds is 6. The molecule has 30 heavy (non-hydrogen) atoms. The number of nitrogens with one attached hydrogen (secondary N) is 1. The quantitative estimate of drug-likeness (QED) is 0.501. The van der Waals surface area contributed by atoms with E-state index < -0.39 is 12.6 Å². The molecule has 154 valence electrons. The lowest BCUT2D eigenvalue weighted by molar-refractivity contribution is 0.0474. The summed E-state index contributed by atoms with van der Waals surface area (Å²) in [6, 6.07) is 10.2. The maximum absolute atomic E-state index is 12.4. The Morgan fingerprint density at radius 3 is 2.47 bits per heavy atom. The van der Waals surface area contributed by atoms with Crippen molar-refractivity contribution in [2.24, 2.45) is 0 Å². The van der Waals surface area contributed by atoms with Crippen molar-refractivity contribution in [3.05, 3.63) is 71.3 Å². The van der Waals surface area contributed by atoms with Gasteiger partial charge in [0.05, 0.1) is 11.3 Å². The van der Waals surface area contributed by atoms with Gasteiger partial charge in [-0.25, -0.2) is 9.48 Å². The van der Waals surface area contributed by atoms with E-state index in [0.29, 0.717) is 16.8 Å². The summed E-state index contributed by atoms with van der Waals surface area (Å²) in [4.78, 5) is 41.6. The van der Waals surface area contributed by atoms with E-state index in [1.54, 1.807) is 40.0 Å². The number of nitrogens with zero attached hydrogens (tertiary/aromatic N) is 3. The summed E-state index contributed by atoms with van der Waals surface area (Å²) in [5.41, 5.74) is 2.83. The number of aryl methyl sites for hydroxylation is 1. The van der Waals surface area contributed by atoms with Crippen LogP contribution in [0.5, 0.6) is 0 Å². The molecule has 8 nitrogen and oxygen atoms in total. The second-order valence-corrected chi connectivity index (χ2v) is 7.23. The van der Waals surface area contributed by atoms with Crippen molar-refractivity contribution in [2.45, 2.75) is 19.8 Å². The molecule has 0 saturated carbocycles. The van der Waals surface area contributed by atoms with Gasteiger partial charge in [-0.15, -0.1) is 0 Å². The van der Waals surface area contributed by atoms with E-state index in [2.05, 4.69) is 10.1 Å². The fraction of sp³-hybridized carbons (Fsp3) is 0.273. The van der Waals surface area contributed by atoms with Gasteiger partial charge in [0.2, 0.25) is 5.78 Å². The summed E-state index contributed by atoms with van der Waals surface area (Å²) >= 11 is 0. The van der Waals surface area contributed by atoms with Crippen LogP contribution in [0.4, 0.5) is 0 Å². The van der Waals surface area contributed by atoms with Crippen molar-refractivity contribution >= 4 is 17.7 Å². The maximum atomic E-state index is 12.4. The highest BCUT2D eigenvalue weighted by molar-refractivity contribution is 6.02. The van der Waals surface area contributed by atoms with E-state index in [1.807, 2.05) is 13.0 Å². The fourth-order valence-electron chi connectivity index (χ4n) is 3.45. The molecule has 2 aromatic heterocycles. The van der Waals surface area contributed by atoms with Gasteiger partial charge in [-0.3, -0.25) is 9.59 Å². The minimum absolute atomic E-state index is 0.115. The van der Waals surface area contributed by atoms with Crippen LogP contribution in [0.2, 0.25) is 0 Å². The Kier molecular flexibility index (Phi) is 5.47. The molecule has 1 aliphatic rings. The predicted octanol–water partition coefficient (Wildman–Crippen LogP) is 2.78. The number of benzene rings is 1. The van der Waals surface area contributed by atoms with Crippen LogP contribution in [0, 0.1) is 6.92 Å². The largest absolute Gasteiger partial charge is 0.454 e. The number of likely N-dealkylation sites (tertiary alicyclic amines) is 1. The van der Waals surface area contributed by atoms with Crippen molar-refractivity contribution in [1.29, 1.82) is 0 Å². The first-order valence-corrected chi connectivity index (χ1v) is 9.82. The van der Waals surface area contributed by atoms with Crippen LogP contribution in [-0.4, -0.2) is 57.0 Å². The molecule has 8 heteroatoms. The Morgan fingerprint density at radius 1 is 1.07 bits per heavy atom. The van der Waals surface area contributed by atoms with Crippen molar-refractivity contribution in [3.8, 4) is 5.69 Å². The fourth-order valence-corrected chi connectivity index (χ4v) is 3.45. The van der Waals surface area contributed by atoms with Gasteiger partial charge in [0, 0.05) is 36.7 Å². The van der Waals surface area contributed by atoms with Gasteiger partial charge in [0.25, 0.3) is 5.91 Å². The number of hydrogen-bond donors (Lipinski definition) is 1. The molecule has 4 rings (SSSR count). The van der Waals surface area contributed by atoms with Gasteiger partial charge in [-0.2, -0.15) is 5.10 Å². The Morgan fingerprint density at radius 2 is 1.80 bits per heavy atom. The number of aromatic amines is 1. The van der Waals surface area contributed by atoms with Crippen LogP contribution in [-0.2, 0) is 4.74 Å². The summed E-state index contributed by atoms with van der Waals surface area (Å²) in [6.45, 7) is 3.01. The number of carbonyl (C=O) groups is 3. The highest BCUT2D eigenvalue weighted by atomic mass is 16.5. The van der Waals surface area contributed by atoms with E-state index in [9.17, 15) is 14.4 Å². The average Bonchev–Trinajstić information content (AvgIpc) is 3.53. The third kappa shape index (κ3) is 4.03. The molecule has 1 amide bonds. The molecule has 3 aromatic rings. The molecule has 1 aromatic carbocycles. The normalized spacial score (nSPS) is 13.4. The number of ether oxygens (including phenoxy) is 1. The highest BCUT2D eigenvalue weighted by Crippen LogP contribution is 2.15. The summed E-state index contributed by atoms with van der Waals surface area (Å²) < 4.78 is 6.90. The smallest absolute Gasteiger partial charge is 0.338 e. The van der Waals surface area contributed by atoms with E-state index in [1.165, 1.54) is 12.3 Å². The topological polar surface area (TPSA) is 97.3 Å². The van der Waals surface area contributed by atoms with Crippen molar-refractivity contribution in [1.82, 2.24) is 19.7 Å². The molecule has 0 atom stereocenters. The highest BCUT2D eigenvalue weighted by Gasteiger charge is 2.22. The lowest BCUT2D eigenvalue weighted by atomic mass is 10.2. The van der Waals surface area contributed by atoms with Crippen molar-refractivity contribution < 1.29 is 19.1 Å². The molecule has 1 N–H and O–H groups in total. The zero-order chi connectivity index (χ0) is 21.1. The zero-order valence-corrected chi connectivity index (χ0v) is 16.6. The molecule has 0 radical (unpaired) electrons. The van der Waals surface area contributed by atoms with Gasteiger partial charge < -0.3 is 14.6 Å². The number of hydrogen-bond acceptors (Lipinski definition) is 5. The van der Waals surface area contributed by atoms with Crippen LogP contribution in [0.15, 0.2) is 48.8 Å². The Labute approximate surface area is 173 Å². The maximum Gasteiger partial charge on any atom is 0.338 e. The van der Waals surface area contributed by atoms with Gasteiger partial charge >= 0.3 is 5.97 Å². The van der Waals surface area contributed by atoms with Crippen LogP contribution in [0.3, 0.4) is 0 Å². The number of esters is 1. The predicted molar refractivity (Wildman–Crippen MR) is 109 cm³/mol. The van der Waals surface area contributed by atoms with E-state index in [-0.39, 0.29) is 11.7 Å². The molecule has 0 bridgehead atoms. The number of Topliss-reactive ketones (excluding diaryl/α,β-unsaturated/α-hetero) is 1. The van der Waals surface area contributed by atoms with Crippen molar-refractivity contribution in [3.63, 3.8) is 0 Å². The molecule has 1 aliphatic heterocycles. The molecule has 0 aliphatic carbocycles. The third-order valence-electron chi connectivity index (χ3n) is 5.14. The first-order valence-electron chi connectivity index (χ1n) is 9.82. The first kappa shape index (κ1) is 19.6. The summed E-state index contributed by atoms with van der Waals surface area (Å²) in [7, 11) is 0. The summed E-state index contributed by atoms with van der Waals surface area (Å²) in [5.74, 6) is -1.07. The van der Waals surface area contributed by atoms with E-state index in [0.717, 1.165) is 37.3 Å². The number of H-pyrrole nitrogens is 1. The molecular formula is C22H22N4O4. The zero-order valence-electron chi connectivity index (χ0n) is 16.6. The summed E-state index contributed by atoms with van der Waals surface area (Å²) in [5, 5.41) is 4.22. The number of aromatic nitrogens is 3. The molecule has 1 saturated heterocycles. The SMILES string of the molecule is Cc1ccnn1-c1ccc(C(=O)OCC(=O)c2c[nH]c(C(=O)N3CCCC3)c2)cc1. The standard InChI is InChI=1S/C22H22N4O4/c1-15-8-9-24-26(15)18-6-4-16(5-7-18)22(29)30-14-20(27)17-12-19(23-13-17)21(28)25-10-2-3-11-25/h4-9,12-13,23H,2-3,10-11,14H2,1H3. The van der Waals surface area contributed by atoms with Crippen molar-refractivity contribution in [2.75, 3.05) is 19.7 Å². The molecular weight excluding hydrogens is 384 g/mol. The van der Waals surface area contributed by atoms with Gasteiger partial charge in [-0.05, 0) is 56.2 Å². The monoisotopic (exact) mass is 406 g/mol. The minimum Gasteiger partial charge on any atom is -0.454 e. The Hall–Kier alpha value is -3.68. The third-order valence-corrected chi connectivity index (χ3v) is 5.14. The molecule has 3 heterocycles. The second kappa shape index (κ2) is 8.36.